The van der Waals surface area contributed by atoms with Crippen LogP contribution in [-0.2, 0) is 6.42 Å². The first-order chi connectivity index (χ1) is 17.8. The van der Waals surface area contributed by atoms with Crippen molar-refractivity contribution >= 4 is 49.7 Å². The summed E-state index contributed by atoms with van der Waals surface area (Å²) >= 11 is 0. The van der Waals surface area contributed by atoms with Crippen LogP contribution in [-0.4, -0.2) is 4.98 Å². The highest BCUT2D eigenvalue weighted by atomic mass is 16.3. The number of fused-ring (bicyclic) bond motifs is 10. The van der Waals surface area contributed by atoms with Crippen LogP contribution in [0.1, 0.15) is 22.7 Å². The number of nitrogens with one attached hydrogen (secondary N) is 1. The minimum absolute atomic E-state index is 0.329. The highest BCUT2D eigenvalue weighted by molar-refractivity contribution is 6.24. The van der Waals surface area contributed by atoms with Crippen molar-refractivity contribution in [2.24, 2.45) is 0 Å². The quantitative estimate of drug-likeness (QED) is 0.260. The van der Waals surface area contributed by atoms with Crippen molar-refractivity contribution in [3.05, 3.63) is 114 Å². The van der Waals surface area contributed by atoms with Gasteiger partial charge in [-0.25, -0.2) is 0 Å². The lowest BCUT2D eigenvalue weighted by atomic mass is 9.85. The van der Waals surface area contributed by atoms with Crippen LogP contribution in [0.15, 0.2) is 101 Å². The van der Waals surface area contributed by atoms with E-state index < -0.39 is 0 Å². The molecule has 1 atom stereocenters. The monoisotopic (exact) mass is 459 g/mol. The smallest absolute Gasteiger partial charge is 0.135 e. The van der Waals surface area contributed by atoms with Crippen LogP contribution in [0, 0.1) is 0 Å². The van der Waals surface area contributed by atoms with Gasteiger partial charge in [-0.15, -0.1) is 0 Å². The average Bonchev–Trinajstić information content (AvgIpc) is 3.59. The molecular formula is C34H21NO. The fourth-order valence-corrected chi connectivity index (χ4v) is 6.71. The third kappa shape index (κ3) is 2.31. The molecular weight excluding hydrogens is 438 g/mol. The molecule has 1 unspecified atom stereocenters. The van der Waals surface area contributed by atoms with Crippen LogP contribution in [0.25, 0.3) is 71.9 Å². The van der Waals surface area contributed by atoms with Gasteiger partial charge in [-0.3, -0.25) is 0 Å². The Labute approximate surface area is 207 Å². The Kier molecular flexibility index (Phi) is 3.41. The van der Waals surface area contributed by atoms with Gasteiger partial charge in [0.2, 0.25) is 0 Å². The molecule has 2 heteroatoms. The maximum Gasteiger partial charge on any atom is 0.135 e. The van der Waals surface area contributed by atoms with Crippen LogP contribution >= 0.6 is 0 Å². The molecule has 7 aromatic rings. The third-order valence-electron chi connectivity index (χ3n) is 8.31. The molecule has 2 aliphatic rings. The number of H-pyrrole nitrogens is 1. The second-order valence-electron chi connectivity index (χ2n) is 10.2. The lowest BCUT2D eigenvalue weighted by Crippen LogP contribution is -2.04. The van der Waals surface area contributed by atoms with Gasteiger partial charge in [0, 0.05) is 33.3 Å². The Morgan fingerprint density at radius 3 is 2.36 bits per heavy atom. The fraction of sp³-hybridized carbons (Fsp3) is 0.0588. The maximum atomic E-state index is 6.08. The van der Waals surface area contributed by atoms with E-state index in [1.54, 1.807) is 0 Å². The number of rotatable bonds is 1. The molecule has 2 aromatic heterocycles. The second kappa shape index (κ2) is 6.56. The summed E-state index contributed by atoms with van der Waals surface area (Å²) in [4.78, 5) is 3.76. The first-order valence-corrected chi connectivity index (χ1v) is 12.6. The topological polar surface area (TPSA) is 28.9 Å². The Hall–Kier alpha value is -4.56. The van der Waals surface area contributed by atoms with Gasteiger partial charge in [-0.05, 0) is 80.9 Å². The van der Waals surface area contributed by atoms with Crippen molar-refractivity contribution in [3.8, 4) is 22.3 Å². The zero-order valence-electron chi connectivity index (χ0n) is 19.5. The summed E-state index contributed by atoms with van der Waals surface area (Å²) in [6.07, 6.45) is 5.63. The molecule has 2 heterocycles. The van der Waals surface area contributed by atoms with Gasteiger partial charge < -0.3 is 9.40 Å². The standard InChI is InChI=1S/C34H21NO/c1-2-7-22-21(6-1)24-9-5-10-25-33(24)27(22)18-30-34(25)28-17-19(12-14-29(28)35-30)20-13-15-32-26(16-20)23-8-3-4-11-31(23)36-32/h1-16,18-19,35H,17H2. The summed E-state index contributed by atoms with van der Waals surface area (Å²) in [5.41, 5.74) is 12.5. The summed E-state index contributed by atoms with van der Waals surface area (Å²) in [6, 6.07) is 33.0. The molecule has 1 N–H and O–H groups in total. The predicted molar refractivity (Wildman–Crippen MR) is 149 cm³/mol. The first-order valence-electron chi connectivity index (χ1n) is 12.6. The Bertz CT molecular complexity index is 2080. The summed E-state index contributed by atoms with van der Waals surface area (Å²) < 4.78 is 6.08. The van der Waals surface area contributed by atoms with Crippen LogP contribution in [0.5, 0.6) is 0 Å². The summed E-state index contributed by atoms with van der Waals surface area (Å²) in [5, 5.41) is 6.52. The van der Waals surface area contributed by atoms with Crippen molar-refractivity contribution in [1.29, 1.82) is 0 Å². The molecule has 0 saturated heterocycles. The van der Waals surface area contributed by atoms with E-state index in [2.05, 4.69) is 96.0 Å². The molecule has 0 saturated carbocycles. The number of para-hydroxylation sites is 1. The van der Waals surface area contributed by atoms with E-state index >= 15 is 0 Å². The van der Waals surface area contributed by atoms with Gasteiger partial charge in [0.1, 0.15) is 11.2 Å². The minimum Gasteiger partial charge on any atom is -0.456 e. The number of hydrogen-bond donors (Lipinski definition) is 1. The highest BCUT2D eigenvalue weighted by Gasteiger charge is 2.26. The molecule has 0 bridgehead atoms. The maximum absolute atomic E-state index is 6.08. The van der Waals surface area contributed by atoms with Crippen molar-refractivity contribution in [2.45, 2.75) is 12.3 Å². The average molecular weight is 460 g/mol. The summed E-state index contributed by atoms with van der Waals surface area (Å²) in [6.45, 7) is 0. The molecule has 0 radical (unpaired) electrons. The van der Waals surface area contributed by atoms with Crippen LogP contribution < -0.4 is 0 Å². The predicted octanol–water partition coefficient (Wildman–Crippen LogP) is 9.22. The highest BCUT2D eigenvalue weighted by Crippen LogP contribution is 2.50. The molecule has 36 heavy (non-hydrogen) atoms. The van der Waals surface area contributed by atoms with E-state index in [1.165, 1.54) is 71.5 Å². The molecule has 0 spiro atoms. The van der Waals surface area contributed by atoms with E-state index in [4.69, 9.17) is 4.42 Å². The van der Waals surface area contributed by atoms with Crippen LogP contribution in [0.4, 0.5) is 0 Å². The molecule has 9 rings (SSSR count). The third-order valence-corrected chi connectivity index (χ3v) is 8.31. The number of allylic oxidation sites excluding steroid dienone is 1. The number of aromatic nitrogens is 1. The van der Waals surface area contributed by atoms with E-state index in [0.717, 1.165) is 17.6 Å². The SMILES string of the molecule is C1=CC(c2ccc3oc4ccccc4c3c2)Cc2c1[nH]c1cc3c4c(cccc4c21)-c1ccccc1-3. The van der Waals surface area contributed by atoms with Gasteiger partial charge in [0.05, 0.1) is 0 Å². The Balaban J connectivity index is 1.23. The zero-order chi connectivity index (χ0) is 23.4. The van der Waals surface area contributed by atoms with E-state index in [9.17, 15) is 0 Å². The van der Waals surface area contributed by atoms with Crippen LogP contribution in [0.2, 0.25) is 0 Å². The lowest BCUT2D eigenvalue weighted by Gasteiger charge is -2.18. The Morgan fingerprint density at radius 2 is 1.42 bits per heavy atom. The number of furan rings is 1. The largest absolute Gasteiger partial charge is 0.456 e. The van der Waals surface area contributed by atoms with Gasteiger partial charge in [0.15, 0.2) is 0 Å². The van der Waals surface area contributed by atoms with Gasteiger partial charge in [-0.1, -0.05) is 72.8 Å². The van der Waals surface area contributed by atoms with Gasteiger partial charge in [0.25, 0.3) is 0 Å². The number of hydrogen-bond acceptors (Lipinski definition) is 1. The van der Waals surface area contributed by atoms with Gasteiger partial charge >= 0.3 is 0 Å². The second-order valence-corrected chi connectivity index (χ2v) is 10.2. The molecule has 2 nitrogen and oxygen atoms in total. The van der Waals surface area contributed by atoms with Crippen LogP contribution in [0.3, 0.4) is 0 Å². The van der Waals surface area contributed by atoms with Crippen molar-refractivity contribution in [2.75, 3.05) is 0 Å². The minimum atomic E-state index is 0.329. The van der Waals surface area contributed by atoms with E-state index in [-0.39, 0.29) is 0 Å². The fourth-order valence-electron chi connectivity index (χ4n) is 6.71. The summed E-state index contributed by atoms with van der Waals surface area (Å²) in [5.74, 6) is 0.329. The number of benzene rings is 5. The molecule has 2 aliphatic carbocycles. The molecule has 0 amide bonds. The summed E-state index contributed by atoms with van der Waals surface area (Å²) in [7, 11) is 0. The van der Waals surface area contributed by atoms with Crippen molar-refractivity contribution in [3.63, 3.8) is 0 Å². The van der Waals surface area contributed by atoms with Gasteiger partial charge in [-0.2, -0.15) is 0 Å². The van der Waals surface area contributed by atoms with Crippen molar-refractivity contribution in [1.82, 2.24) is 4.98 Å². The van der Waals surface area contributed by atoms with E-state index in [0.29, 0.717) is 5.92 Å². The lowest BCUT2D eigenvalue weighted by molar-refractivity contribution is 0.668. The molecule has 0 fully saturated rings. The number of aromatic amines is 1. The Morgan fingerprint density at radius 1 is 0.639 bits per heavy atom. The molecule has 5 aromatic carbocycles. The first kappa shape index (κ1) is 18.7. The zero-order valence-corrected chi connectivity index (χ0v) is 19.5. The molecule has 0 aliphatic heterocycles. The molecule has 168 valence electrons. The van der Waals surface area contributed by atoms with Crippen molar-refractivity contribution < 1.29 is 4.42 Å². The normalized spacial score (nSPS) is 15.8. The van der Waals surface area contributed by atoms with E-state index in [1.807, 2.05) is 12.1 Å².